The molecule has 0 bridgehead atoms. The van der Waals surface area contributed by atoms with E-state index in [-0.39, 0.29) is 31.1 Å². The van der Waals surface area contributed by atoms with Crippen LogP contribution < -0.4 is 16.0 Å². The van der Waals surface area contributed by atoms with Gasteiger partial charge in [0.2, 0.25) is 17.7 Å². The van der Waals surface area contributed by atoms with Crippen molar-refractivity contribution in [2.45, 2.75) is 43.8 Å². The lowest BCUT2D eigenvalue weighted by Crippen LogP contribution is -2.62. The Morgan fingerprint density at radius 2 is 1.62 bits per heavy atom. The lowest BCUT2D eigenvalue weighted by molar-refractivity contribution is -0.142. The van der Waals surface area contributed by atoms with Crippen LogP contribution >= 0.6 is 0 Å². The summed E-state index contributed by atoms with van der Waals surface area (Å²) < 4.78 is 0. The molecule has 1 aromatic heterocycles. The largest absolute Gasteiger partial charge is 0.480 e. The highest BCUT2D eigenvalue weighted by molar-refractivity contribution is 5.97. The fourth-order valence-corrected chi connectivity index (χ4v) is 4.13. The number of carboxylic acids is 1. The van der Waals surface area contributed by atoms with Gasteiger partial charge in [0.05, 0.1) is 0 Å². The van der Waals surface area contributed by atoms with Gasteiger partial charge in [-0.3, -0.25) is 14.4 Å². The number of carbonyl (C=O) groups is 4. The summed E-state index contributed by atoms with van der Waals surface area (Å²) in [6.45, 7) is 0. The van der Waals surface area contributed by atoms with E-state index < -0.39 is 30.0 Å². The van der Waals surface area contributed by atoms with Crippen LogP contribution in [0, 0.1) is 0 Å². The molecule has 0 unspecified atom stereocenters. The van der Waals surface area contributed by atoms with Crippen molar-refractivity contribution in [3.63, 3.8) is 0 Å². The third kappa shape index (κ3) is 5.43. The second-order valence-electron chi connectivity index (χ2n) is 8.37. The van der Waals surface area contributed by atoms with Crippen molar-refractivity contribution in [1.29, 1.82) is 0 Å². The van der Waals surface area contributed by atoms with Crippen LogP contribution in [0.15, 0.2) is 60.8 Å². The van der Waals surface area contributed by atoms with Gasteiger partial charge in [-0.05, 0) is 23.6 Å². The number of carbonyl (C=O) groups excluding carboxylic acids is 3. The summed E-state index contributed by atoms with van der Waals surface area (Å²) in [4.78, 5) is 52.2. The Morgan fingerprint density at radius 1 is 0.941 bits per heavy atom. The van der Waals surface area contributed by atoms with Gasteiger partial charge in [0.15, 0.2) is 0 Å². The molecule has 2 aromatic carbocycles. The summed E-state index contributed by atoms with van der Waals surface area (Å²) in [7, 11) is 0. The van der Waals surface area contributed by atoms with Crippen molar-refractivity contribution in [2.24, 2.45) is 0 Å². The van der Waals surface area contributed by atoms with E-state index in [1.165, 1.54) is 0 Å². The predicted molar refractivity (Wildman–Crippen MR) is 125 cm³/mol. The van der Waals surface area contributed by atoms with Gasteiger partial charge in [-0.15, -0.1) is 0 Å². The molecule has 9 nitrogen and oxygen atoms in total. The number of aliphatic carboxylic acids is 1. The Labute approximate surface area is 195 Å². The molecule has 0 spiro atoms. The van der Waals surface area contributed by atoms with E-state index in [1.54, 1.807) is 6.20 Å². The zero-order valence-corrected chi connectivity index (χ0v) is 18.4. The van der Waals surface area contributed by atoms with Crippen LogP contribution in [0.3, 0.4) is 0 Å². The molecule has 3 aromatic rings. The van der Waals surface area contributed by atoms with Crippen LogP contribution in [0.2, 0.25) is 0 Å². The van der Waals surface area contributed by atoms with Crippen molar-refractivity contribution in [2.75, 3.05) is 0 Å². The molecule has 1 saturated heterocycles. The number of carboxylic acid groups (broad SMARTS) is 1. The van der Waals surface area contributed by atoms with Crippen LogP contribution in [0.5, 0.6) is 0 Å². The molecular formula is C25H26N4O5. The Morgan fingerprint density at radius 3 is 2.38 bits per heavy atom. The predicted octanol–water partition coefficient (Wildman–Crippen LogP) is 1.29. The van der Waals surface area contributed by atoms with Gasteiger partial charge < -0.3 is 26.0 Å². The number of fused-ring (bicyclic) bond motifs is 1. The number of nitrogens with one attached hydrogen (secondary N) is 4. The minimum Gasteiger partial charge on any atom is -0.480 e. The van der Waals surface area contributed by atoms with Gasteiger partial charge in [0, 0.05) is 36.4 Å². The van der Waals surface area contributed by atoms with E-state index in [1.807, 2.05) is 54.6 Å². The van der Waals surface area contributed by atoms with E-state index in [2.05, 4.69) is 20.9 Å². The first-order valence-electron chi connectivity index (χ1n) is 11.1. The van der Waals surface area contributed by atoms with Crippen LogP contribution in [-0.2, 0) is 32.0 Å². The van der Waals surface area contributed by atoms with E-state index in [9.17, 15) is 24.3 Å². The average molecular weight is 463 g/mol. The minimum absolute atomic E-state index is 0.0703. The molecule has 3 amide bonds. The van der Waals surface area contributed by atoms with E-state index in [4.69, 9.17) is 0 Å². The Hall–Kier alpha value is -4.14. The number of piperazine rings is 1. The number of benzene rings is 2. The zero-order chi connectivity index (χ0) is 24.1. The topological polar surface area (TPSA) is 140 Å². The van der Waals surface area contributed by atoms with Gasteiger partial charge in [-0.25, -0.2) is 4.79 Å². The first-order valence-corrected chi connectivity index (χ1v) is 11.1. The Bertz CT molecular complexity index is 1210. The minimum atomic E-state index is -1.15. The second-order valence-corrected chi connectivity index (χ2v) is 8.37. The maximum Gasteiger partial charge on any atom is 0.326 e. The second kappa shape index (κ2) is 10.2. The highest BCUT2D eigenvalue weighted by Crippen LogP contribution is 2.19. The number of para-hydroxylation sites is 1. The molecule has 3 atom stereocenters. The standard InChI is InChI=1S/C25H26N4O5/c30-22(27-21(25(33)34)13-16-14-26-18-9-5-4-8-17(16)18)11-10-19-23(31)29-20(24(32)28-19)12-15-6-2-1-3-7-15/h1-9,14,19-21,26H,10-13H2,(H,27,30)(H,28,32)(H,29,31)(H,33,34)/t19-,20-,21-/m1/s1. The van der Waals surface area contributed by atoms with Crippen LogP contribution in [0.1, 0.15) is 24.0 Å². The summed E-state index contributed by atoms with van der Waals surface area (Å²) in [5.74, 6) is -2.31. The molecule has 5 N–H and O–H groups in total. The molecule has 2 heterocycles. The van der Waals surface area contributed by atoms with Crippen molar-refractivity contribution in [3.8, 4) is 0 Å². The fraction of sp³-hybridized carbons (Fsp3) is 0.280. The van der Waals surface area contributed by atoms with Gasteiger partial charge in [0.25, 0.3) is 0 Å². The zero-order valence-electron chi connectivity index (χ0n) is 18.4. The number of aromatic nitrogens is 1. The molecule has 0 radical (unpaired) electrons. The Balaban J connectivity index is 1.29. The number of hydrogen-bond donors (Lipinski definition) is 5. The number of amides is 3. The first kappa shape index (κ1) is 23.0. The summed E-state index contributed by atoms with van der Waals surface area (Å²) in [5.41, 5.74) is 2.60. The normalized spacial score (nSPS) is 18.7. The van der Waals surface area contributed by atoms with Crippen LogP contribution in [-0.4, -0.2) is 51.9 Å². The molecule has 0 aliphatic carbocycles. The van der Waals surface area contributed by atoms with Crippen LogP contribution in [0.4, 0.5) is 0 Å². The molecule has 0 saturated carbocycles. The summed E-state index contributed by atoms with van der Waals surface area (Å²) in [5, 5.41) is 18.4. The highest BCUT2D eigenvalue weighted by atomic mass is 16.4. The molecular weight excluding hydrogens is 436 g/mol. The molecule has 1 aliphatic rings. The molecule has 34 heavy (non-hydrogen) atoms. The summed E-state index contributed by atoms with van der Waals surface area (Å²) >= 11 is 0. The quantitative estimate of drug-likeness (QED) is 0.326. The van der Waals surface area contributed by atoms with Crippen molar-refractivity contribution < 1.29 is 24.3 Å². The average Bonchev–Trinajstić information content (AvgIpc) is 3.23. The molecule has 9 heteroatoms. The number of rotatable bonds is 9. The highest BCUT2D eigenvalue weighted by Gasteiger charge is 2.34. The molecule has 1 fully saturated rings. The third-order valence-corrected chi connectivity index (χ3v) is 5.94. The first-order chi connectivity index (χ1) is 16.4. The van der Waals surface area contributed by atoms with Gasteiger partial charge in [-0.2, -0.15) is 0 Å². The Kier molecular flexibility index (Phi) is 6.91. The maximum absolute atomic E-state index is 12.5. The third-order valence-electron chi connectivity index (χ3n) is 5.94. The SMILES string of the molecule is O=C(CC[C@H]1NC(=O)[C@@H](Cc2ccccc2)NC1=O)N[C@H](Cc1c[nH]c2ccccc12)C(=O)O. The molecule has 176 valence electrons. The molecule has 1 aliphatic heterocycles. The maximum atomic E-state index is 12.5. The van der Waals surface area contributed by atoms with E-state index >= 15 is 0 Å². The number of hydrogen-bond acceptors (Lipinski definition) is 4. The van der Waals surface area contributed by atoms with Gasteiger partial charge >= 0.3 is 5.97 Å². The summed E-state index contributed by atoms with van der Waals surface area (Å²) in [6.07, 6.45) is 2.20. The number of aromatic amines is 1. The van der Waals surface area contributed by atoms with E-state index in [0.717, 1.165) is 22.0 Å². The lowest BCUT2D eigenvalue weighted by Gasteiger charge is -2.29. The van der Waals surface area contributed by atoms with Gasteiger partial charge in [-0.1, -0.05) is 48.5 Å². The van der Waals surface area contributed by atoms with Crippen molar-refractivity contribution in [1.82, 2.24) is 20.9 Å². The van der Waals surface area contributed by atoms with Gasteiger partial charge in [0.1, 0.15) is 18.1 Å². The van der Waals surface area contributed by atoms with Crippen molar-refractivity contribution >= 4 is 34.6 Å². The lowest BCUT2D eigenvalue weighted by atomic mass is 10.00. The monoisotopic (exact) mass is 462 g/mol. The summed E-state index contributed by atoms with van der Waals surface area (Å²) in [6, 6.07) is 14.2. The molecule has 4 rings (SSSR count). The number of H-pyrrole nitrogens is 1. The fourth-order valence-electron chi connectivity index (χ4n) is 4.13. The van der Waals surface area contributed by atoms with Crippen molar-refractivity contribution in [3.05, 3.63) is 71.9 Å². The smallest absolute Gasteiger partial charge is 0.326 e. The van der Waals surface area contributed by atoms with Crippen LogP contribution in [0.25, 0.3) is 10.9 Å². The van der Waals surface area contributed by atoms with E-state index in [0.29, 0.717) is 6.42 Å².